The number of carbonyl (C=O) groups is 2. The summed E-state index contributed by atoms with van der Waals surface area (Å²) in [6.07, 6.45) is 6.82. The first-order valence-corrected chi connectivity index (χ1v) is 10.8. The van der Waals surface area contributed by atoms with E-state index >= 15 is 0 Å². The molecule has 2 aliphatic rings. The highest BCUT2D eigenvalue weighted by molar-refractivity contribution is 6.04. The molecule has 1 atom stereocenters. The molecule has 1 aromatic carbocycles. The first kappa shape index (κ1) is 21.0. The molecule has 164 valence electrons. The summed E-state index contributed by atoms with van der Waals surface area (Å²) in [5.41, 5.74) is 1.14. The van der Waals surface area contributed by atoms with Crippen LogP contribution in [0, 0.1) is 0 Å². The van der Waals surface area contributed by atoms with Gasteiger partial charge in [-0.25, -0.2) is 9.78 Å². The molecule has 1 fully saturated rings. The molecule has 1 aliphatic carbocycles. The molecule has 31 heavy (non-hydrogen) atoms. The van der Waals surface area contributed by atoms with E-state index in [1.165, 1.54) is 31.0 Å². The standard InChI is InChI=1S/C23H28N4O4/c1-14-22(29)26(2)18-11-12-20(24-17-10-9-15(23(30)31)13-19(17)28)25-21(18)27(14)16-7-5-3-4-6-8-16/h9-14,16,28H,3-8H2,1-2H3,(H,24,25)(H,30,31)/t14-/m1/s1. The van der Waals surface area contributed by atoms with Crippen LogP contribution in [0.25, 0.3) is 0 Å². The normalized spacial score (nSPS) is 19.7. The van der Waals surface area contributed by atoms with Crippen LogP contribution < -0.4 is 15.1 Å². The molecule has 0 spiro atoms. The van der Waals surface area contributed by atoms with Gasteiger partial charge in [-0.05, 0) is 50.1 Å². The molecule has 1 amide bonds. The molecule has 1 aromatic heterocycles. The number of aromatic nitrogens is 1. The minimum absolute atomic E-state index is 0.00921. The Hall–Kier alpha value is -3.29. The molecular weight excluding hydrogens is 396 g/mol. The average molecular weight is 425 g/mol. The first-order valence-electron chi connectivity index (χ1n) is 10.8. The SMILES string of the molecule is C[C@@H]1C(=O)N(C)c2ccc(Nc3ccc(C(=O)O)cc3O)nc2N1C1CCCCCC1. The second kappa shape index (κ2) is 8.45. The summed E-state index contributed by atoms with van der Waals surface area (Å²) >= 11 is 0. The highest BCUT2D eigenvalue weighted by Gasteiger charge is 2.38. The van der Waals surface area contributed by atoms with Crippen LogP contribution >= 0.6 is 0 Å². The third-order valence-corrected chi connectivity index (χ3v) is 6.29. The van der Waals surface area contributed by atoms with Gasteiger partial charge >= 0.3 is 5.97 Å². The smallest absolute Gasteiger partial charge is 0.335 e. The van der Waals surface area contributed by atoms with Crippen molar-refractivity contribution < 1.29 is 19.8 Å². The number of carboxylic acids is 1. The fraction of sp³-hybridized carbons (Fsp3) is 0.435. The van der Waals surface area contributed by atoms with Crippen LogP contribution in [0.5, 0.6) is 5.75 Å². The van der Waals surface area contributed by atoms with Gasteiger partial charge in [0.25, 0.3) is 0 Å². The Kier molecular flexibility index (Phi) is 5.71. The maximum Gasteiger partial charge on any atom is 0.335 e. The van der Waals surface area contributed by atoms with Gasteiger partial charge in [0.2, 0.25) is 5.91 Å². The summed E-state index contributed by atoms with van der Waals surface area (Å²) in [7, 11) is 1.77. The van der Waals surface area contributed by atoms with Crippen molar-refractivity contribution in [2.24, 2.45) is 0 Å². The molecule has 1 aliphatic heterocycles. The lowest BCUT2D eigenvalue weighted by atomic mass is 10.0. The lowest BCUT2D eigenvalue weighted by Crippen LogP contribution is -2.55. The Morgan fingerprint density at radius 1 is 1.13 bits per heavy atom. The Bertz CT molecular complexity index is 1000. The van der Waals surface area contributed by atoms with Crippen LogP contribution in [-0.4, -0.2) is 46.2 Å². The quantitative estimate of drug-likeness (QED) is 0.501. The lowest BCUT2D eigenvalue weighted by Gasteiger charge is -2.43. The molecular formula is C23H28N4O4. The maximum absolute atomic E-state index is 12.9. The molecule has 2 heterocycles. The molecule has 0 saturated heterocycles. The molecule has 0 bridgehead atoms. The van der Waals surface area contributed by atoms with Crippen molar-refractivity contribution in [3.05, 3.63) is 35.9 Å². The Labute approximate surface area is 181 Å². The minimum Gasteiger partial charge on any atom is -0.506 e. The second-order valence-electron chi connectivity index (χ2n) is 8.33. The van der Waals surface area contributed by atoms with Crippen molar-refractivity contribution in [1.82, 2.24) is 4.98 Å². The van der Waals surface area contributed by atoms with Gasteiger partial charge in [-0.3, -0.25) is 4.79 Å². The number of pyridine rings is 1. The van der Waals surface area contributed by atoms with E-state index in [-0.39, 0.29) is 29.3 Å². The number of hydrogen-bond acceptors (Lipinski definition) is 6. The van der Waals surface area contributed by atoms with Crippen molar-refractivity contribution in [3.8, 4) is 5.75 Å². The van der Waals surface area contributed by atoms with Crippen LogP contribution in [0.4, 0.5) is 23.0 Å². The number of fused-ring (bicyclic) bond motifs is 1. The van der Waals surface area contributed by atoms with Gasteiger partial charge in [0.15, 0.2) is 5.82 Å². The van der Waals surface area contributed by atoms with Gasteiger partial charge in [0, 0.05) is 13.1 Å². The lowest BCUT2D eigenvalue weighted by molar-refractivity contribution is -0.119. The summed E-state index contributed by atoms with van der Waals surface area (Å²) in [5, 5.41) is 22.4. The molecule has 2 aromatic rings. The van der Waals surface area contributed by atoms with E-state index in [2.05, 4.69) is 10.2 Å². The molecule has 4 rings (SSSR count). The summed E-state index contributed by atoms with van der Waals surface area (Å²) < 4.78 is 0. The Morgan fingerprint density at radius 2 is 1.84 bits per heavy atom. The molecule has 3 N–H and O–H groups in total. The number of nitrogens with one attached hydrogen (secondary N) is 1. The number of aromatic hydroxyl groups is 1. The summed E-state index contributed by atoms with van der Waals surface area (Å²) in [5.74, 6) is 0.0650. The van der Waals surface area contributed by atoms with Crippen molar-refractivity contribution in [1.29, 1.82) is 0 Å². The van der Waals surface area contributed by atoms with Gasteiger partial charge in [-0.1, -0.05) is 25.7 Å². The van der Waals surface area contributed by atoms with Crippen LogP contribution in [-0.2, 0) is 4.79 Å². The molecule has 8 nitrogen and oxygen atoms in total. The molecule has 1 saturated carbocycles. The van der Waals surface area contributed by atoms with E-state index in [0.717, 1.165) is 37.2 Å². The van der Waals surface area contributed by atoms with E-state index in [1.807, 2.05) is 13.0 Å². The van der Waals surface area contributed by atoms with Crippen LogP contribution in [0.3, 0.4) is 0 Å². The van der Waals surface area contributed by atoms with E-state index in [1.54, 1.807) is 18.0 Å². The highest BCUT2D eigenvalue weighted by Crippen LogP contribution is 2.39. The zero-order valence-corrected chi connectivity index (χ0v) is 17.8. The van der Waals surface area contributed by atoms with Gasteiger partial charge in [0.1, 0.15) is 17.6 Å². The predicted molar refractivity (Wildman–Crippen MR) is 119 cm³/mol. The van der Waals surface area contributed by atoms with Gasteiger partial charge < -0.3 is 25.3 Å². The number of amides is 1. The van der Waals surface area contributed by atoms with E-state index < -0.39 is 5.97 Å². The van der Waals surface area contributed by atoms with Crippen molar-refractivity contribution >= 4 is 34.9 Å². The van der Waals surface area contributed by atoms with E-state index in [9.17, 15) is 14.7 Å². The number of anilines is 4. The zero-order chi connectivity index (χ0) is 22.1. The summed E-state index contributed by atoms with van der Waals surface area (Å²) in [4.78, 5) is 32.6. The van der Waals surface area contributed by atoms with E-state index in [4.69, 9.17) is 10.1 Å². The summed E-state index contributed by atoms with van der Waals surface area (Å²) in [6.45, 7) is 1.94. The maximum atomic E-state index is 12.9. The Balaban J connectivity index is 1.69. The number of carboxylic acid groups (broad SMARTS) is 1. The third kappa shape index (κ3) is 4.02. The molecule has 0 radical (unpaired) electrons. The number of benzene rings is 1. The average Bonchev–Trinajstić information content (AvgIpc) is 3.03. The van der Waals surface area contributed by atoms with Gasteiger partial charge in [-0.15, -0.1) is 0 Å². The fourth-order valence-corrected chi connectivity index (χ4v) is 4.60. The zero-order valence-electron chi connectivity index (χ0n) is 17.8. The topological polar surface area (TPSA) is 106 Å². The monoisotopic (exact) mass is 424 g/mol. The third-order valence-electron chi connectivity index (χ3n) is 6.29. The van der Waals surface area contributed by atoms with Crippen molar-refractivity contribution in [2.75, 3.05) is 22.2 Å². The predicted octanol–water partition coefficient (Wildman–Crippen LogP) is 4.12. The second-order valence-corrected chi connectivity index (χ2v) is 8.33. The number of nitrogens with zero attached hydrogens (tertiary/aromatic N) is 3. The molecule has 8 heteroatoms. The number of likely N-dealkylation sites (N-methyl/N-ethyl adjacent to an activating group) is 1. The fourth-order valence-electron chi connectivity index (χ4n) is 4.60. The van der Waals surface area contributed by atoms with Gasteiger partial charge in [0.05, 0.1) is 16.9 Å². The number of aromatic carboxylic acids is 1. The minimum atomic E-state index is -1.10. The van der Waals surface area contributed by atoms with Crippen LogP contribution in [0.1, 0.15) is 55.8 Å². The first-order chi connectivity index (χ1) is 14.9. The number of hydrogen-bond donors (Lipinski definition) is 3. The van der Waals surface area contributed by atoms with Crippen LogP contribution in [0.2, 0.25) is 0 Å². The number of rotatable bonds is 4. The van der Waals surface area contributed by atoms with E-state index in [0.29, 0.717) is 11.5 Å². The number of carbonyl (C=O) groups excluding carboxylic acids is 1. The number of phenols is 1. The van der Waals surface area contributed by atoms with Gasteiger partial charge in [-0.2, -0.15) is 0 Å². The molecule has 0 unspecified atom stereocenters. The van der Waals surface area contributed by atoms with Crippen molar-refractivity contribution in [2.45, 2.75) is 57.5 Å². The number of phenolic OH excluding ortho intramolecular Hbond substituents is 1. The van der Waals surface area contributed by atoms with Crippen LogP contribution in [0.15, 0.2) is 30.3 Å². The highest BCUT2D eigenvalue weighted by atomic mass is 16.4. The largest absolute Gasteiger partial charge is 0.506 e. The van der Waals surface area contributed by atoms with Crippen molar-refractivity contribution in [3.63, 3.8) is 0 Å². The summed E-state index contributed by atoms with van der Waals surface area (Å²) in [6, 6.07) is 7.73. The Morgan fingerprint density at radius 3 is 2.48 bits per heavy atom.